The van der Waals surface area contributed by atoms with Crippen LogP contribution in [0.15, 0.2) is 0 Å². The van der Waals surface area contributed by atoms with Gasteiger partial charge in [-0.1, -0.05) is 26.7 Å². The minimum Gasteiger partial charge on any atom is -0.417 e. The minimum absolute atomic E-state index is 0.299. The van der Waals surface area contributed by atoms with Crippen molar-refractivity contribution in [1.29, 1.82) is 0 Å². The first kappa shape index (κ1) is 15.7. The number of ether oxygens (including phenoxy) is 1. The normalized spacial score (nSPS) is 12.5. The van der Waals surface area contributed by atoms with Gasteiger partial charge in [-0.15, -0.1) is 6.42 Å². The Kier molecular flexibility index (Phi) is 6.97. The molecule has 0 aliphatic carbocycles. The van der Waals surface area contributed by atoms with E-state index in [1.165, 1.54) is 0 Å². The maximum atomic E-state index is 6.04. The maximum Gasteiger partial charge on any atom is 0.191 e. The molecule has 0 atom stereocenters. The zero-order valence-electron chi connectivity index (χ0n) is 11.4. The summed E-state index contributed by atoms with van der Waals surface area (Å²) in [5.41, 5.74) is 0. The predicted molar refractivity (Wildman–Crippen MR) is 72.0 cm³/mol. The topological polar surface area (TPSA) is 18.5 Å². The van der Waals surface area contributed by atoms with Crippen LogP contribution in [-0.4, -0.2) is 28.1 Å². The van der Waals surface area contributed by atoms with E-state index in [9.17, 15) is 0 Å². The van der Waals surface area contributed by atoms with Crippen molar-refractivity contribution in [2.75, 3.05) is 19.8 Å². The molecule has 0 radical (unpaired) electrons. The van der Waals surface area contributed by atoms with E-state index in [0.717, 1.165) is 26.1 Å². The molecule has 0 aromatic heterocycles. The van der Waals surface area contributed by atoms with Crippen LogP contribution in [0.4, 0.5) is 0 Å². The third-order valence-electron chi connectivity index (χ3n) is 3.14. The van der Waals surface area contributed by atoms with Crippen LogP contribution in [-0.2, 0) is 9.16 Å². The first-order valence-corrected chi connectivity index (χ1v) is 8.87. The Labute approximate surface area is 102 Å². The van der Waals surface area contributed by atoms with Crippen molar-refractivity contribution in [3.63, 3.8) is 0 Å². The molecule has 0 rings (SSSR count). The zero-order valence-corrected chi connectivity index (χ0v) is 12.4. The van der Waals surface area contributed by atoms with Gasteiger partial charge in [-0.05, 0) is 31.0 Å². The minimum atomic E-state index is -1.55. The van der Waals surface area contributed by atoms with Crippen molar-refractivity contribution in [3.05, 3.63) is 0 Å². The van der Waals surface area contributed by atoms with Gasteiger partial charge in [-0.2, -0.15) is 0 Å². The van der Waals surface area contributed by atoms with Crippen LogP contribution in [0.5, 0.6) is 0 Å². The number of hydrogen-bond acceptors (Lipinski definition) is 2. The molecule has 0 fully saturated rings. The molecule has 0 saturated heterocycles. The maximum absolute atomic E-state index is 6.04. The van der Waals surface area contributed by atoms with E-state index in [2.05, 4.69) is 39.8 Å². The van der Waals surface area contributed by atoms with Gasteiger partial charge in [0.15, 0.2) is 8.32 Å². The quantitative estimate of drug-likeness (QED) is 0.387. The Morgan fingerprint density at radius 2 is 1.69 bits per heavy atom. The van der Waals surface area contributed by atoms with Crippen molar-refractivity contribution in [3.8, 4) is 12.3 Å². The summed E-state index contributed by atoms with van der Waals surface area (Å²) in [4.78, 5) is 0. The molecule has 0 aromatic carbocycles. The molecule has 16 heavy (non-hydrogen) atoms. The lowest BCUT2D eigenvalue weighted by molar-refractivity contribution is 0.155. The third kappa shape index (κ3) is 6.32. The van der Waals surface area contributed by atoms with E-state index >= 15 is 0 Å². The van der Waals surface area contributed by atoms with Crippen LogP contribution in [0, 0.1) is 12.3 Å². The Balaban J connectivity index is 3.56. The highest BCUT2D eigenvalue weighted by Crippen LogP contribution is 2.36. The van der Waals surface area contributed by atoms with E-state index < -0.39 is 8.32 Å². The SMILES string of the molecule is C#CCOCCCCO[Si](C)(C)C(C)(C)C. The summed E-state index contributed by atoms with van der Waals surface area (Å²) in [7, 11) is -1.55. The molecule has 0 bridgehead atoms. The Hall–Kier alpha value is -0.303. The van der Waals surface area contributed by atoms with Crippen LogP contribution in [0.2, 0.25) is 18.1 Å². The van der Waals surface area contributed by atoms with Gasteiger partial charge in [0, 0.05) is 13.2 Å². The van der Waals surface area contributed by atoms with Gasteiger partial charge in [0.1, 0.15) is 6.61 Å². The summed E-state index contributed by atoms with van der Waals surface area (Å²) in [6.45, 7) is 13.3. The molecule has 0 aliphatic heterocycles. The number of unbranched alkanes of at least 4 members (excludes halogenated alkanes) is 1. The molecule has 0 amide bonds. The van der Waals surface area contributed by atoms with Crippen LogP contribution in [0.3, 0.4) is 0 Å². The lowest BCUT2D eigenvalue weighted by Gasteiger charge is -2.36. The van der Waals surface area contributed by atoms with E-state index in [1.807, 2.05) is 0 Å². The molecular weight excluding hydrogens is 216 g/mol. The molecule has 2 nitrogen and oxygen atoms in total. The van der Waals surface area contributed by atoms with Gasteiger partial charge >= 0.3 is 0 Å². The molecule has 0 saturated carbocycles. The van der Waals surface area contributed by atoms with E-state index in [4.69, 9.17) is 15.6 Å². The Bertz CT molecular complexity index is 223. The molecule has 0 heterocycles. The van der Waals surface area contributed by atoms with Crippen LogP contribution in [0.25, 0.3) is 0 Å². The molecule has 0 aliphatic rings. The smallest absolute Gasteiger partial charge is 0.191 e. The molecule has 0 unspecified atom stereocenters. The molecule has 0 N–H and O–H groups in total. The molecule has 0 spiro atoms. The van der Waals surface area contributed by atoms with E-state index in [1.54, 1.807) is 0 Å². The van der Waals surface area contributed by atoms with E-state index in [-0.39, 0.29) is 0 Å². The Morgan fingerprint density at radius 3 is 2.19 bits per heavy atom. The monoisotopic (exact) mass is 242 g/mol. The summed E-state index contributed by atoms with van der Waals surface area (Å²) >= 11 is 0. The number of terminal acetylenes is 1. The van der Waals surface area contributed by atoms with Crippen molar-refractivity contribution >= 4 is 8.32 Å². The second-order valence-electron chi connectivity index (χ2n) is 5.57. The number of hydrogen-bond donors (Lipinski definition) is 0. The molecule has 3 heteroatoms. The van der Waals surface area contributed by atoms with Crippen molar-refractivity contribution in [1.82, 2.24) is 0 Å². The van der Waals surface area contributed by atoms with Crippen LogP contribution >= 0.6 is 0 Å². The largest absolute Gasteiger partial charge is 0.417 e. The fraction of sp³-hybridized carbons (Fsp3) is 0.846. The average molecular weight is 242 g/mol. The fourth-order valence-corrected chi connectivity index (χ4v) is 2.07. The first-order valence-electron chi connectivity index (χ1n) is 5.96. The summed E-state index contributed by atoms with van der Waals surface area (Å²) in [6.07, 6.45) is 7.16. The predicted octanol–water partition coefficient (Wildman–Crippen LogP) is 3.44. The second kappa shape index (κ2) is 7.11. The fourth-order valence-electron chi connectivity index (χ4n) is 0.981. The van der Waals surface area contributed by atoms with Gasteiger partial charge < -0.3 is 9.16 Å². The van der Waals surface area contributed by atoms with Crippen LogP contribution in [0.1, 0.15) is 33.6 Å². The first-order chi connectivity index (χ1) is 7.31. The zero-order chi connectivity index (χ0) is 12.7. The average Bonchev–Trinajstić information content (AvgIpc) is 2.14. The lowest BCUT2D eigenvalue weighted by Crippen LogP contribution is -2.40. The summed E-state index contributed by atoms with van der Waals surface area (Å²) in [5, 5.41) is 0.299. The van der Waals surface area contributed by atoms with Gasteiger partial charge in [-0.3, -0.25) is 0 Å². The standard InChI is InChI=1S/C13H26O2Si/c1-7-10-14-11-8-9-12-15-16(5,6)13(2,3)4/h1H,8-12H2,2-6H3. The van der Waals surface area contributed by atoms with Crippen molar-refractivity contribution in [2.45, 2.75) is 51.7 Å². The molecule has 94 valence electrons. The van der Waals surface area contributed by atoms with E-state index in [0.29, 0.717) is 11.6 Å². The lowest BCUT2D eigenvalue weighted by atomic mass is 10.2. The molecular formula is C13H26O2Si. The Morgan fingerprint density at radius 1 is 1.12 bits per heavy atom. The highest BCUT2D eigenvalue weighted by molar-refractivity contribution is 6.74. The summed E-state index contributed by atoms with van der Waals surface area (Å²) in [5.74, 6) is 2.46. The highest BCUT2D eigenvalue weighted by Gasteiger charge is 2.36. The van der Waals surface area contributed by atoms with Crippen molar-refractivity contribution < 1.29 is 9.16 Å². The van der Waals surface area contributed by atoms with Crippen LogP contribution < -0.4 is 0 Å². The summed E-state index contributed by atoms with van der Waals surface area (Å²) in [6, 6.07) is 0. The highest BCUT2D eigenvalue weighted by atomic mass is 28.4. The van der Waals surface area contributed by atoms with Gasteiger partial charge in [0.2, 0.25) is 0 Å². The van der Waals surface area contributed by atoms with Gasteiger partial charge in [0.05, 0.1) is 0 Å². The number of rotatable bonds is 7. The van der Waals surface area contributed by atoms with Crippen molar-refractivity contribution in [2.24, 2.45) is 0 Å². The second-order valence-corrected chi connectivity index (χ2v) is 10.4. The molecule has 0 aromatic rings. The van der Waals surface area contributed by atoms with Gasteiger partial charge in [-0.25, -0.2) is 0 Å². The summed E-state index contributed by atoms with van der Waals surface area (Å²) < 4.78 is 11.2. The third-order valence-corrected chi connectivity index (χ3v) is 7.68. The van der Waals surface area contributed by atoms with Gasteiger partial charge in [0.25, 0.3) is 0 Å².